The lowest BCUT2D eigenvalue weighted by molar-refractivity contribution is -0.121. The molecule has 1 unspecified atom stereocenters. The normalized spacial score (nSPS) is 20.4. The molecule has 28 heavy (non-hydrogen) atoms. The summed E-state index contributed by atoms with van der Waals surface area (Å²) in [6.07, 6.45) is 3.46. The van der Waals surface area contributed by atoms with E-state index in [-0.39, 0.29) is 17.7 Å². The molecule has 2 aromatic carbocycles. The van der Waals surface area contributed by atoms with Gasteiger partial charge in [0.2, 0.25) is 11.8 Å². The number of amides is 2. The van der Waals surface area contributed by atoms with Crippen LogP contribution in [0.3, 0.4) is 0 Å². The first kappa shape index (κ1) is 18.7. The Bertz CT molecular complexity index is 837. The molecule has 2 fully saturated rings. The van der Waals surface area contributed by atoms with Gasteiger partial charge in [-0.05, 0) is 49.6 Å². The largest absolute Gasteiger partial charge is 0.326 e. The Morgan fingerprint density at radius 2 is 1.89 bits per heavy atom. The minimum Gasteiger partial charge on any atom is -0.326 e. The maximum atomic E-state index is 12.8. The molecule has 0 radical (unpaired) electrons. The smallest absolute Gasteiger partial charge is 0.228 e. The number of carbonyl (C=O) groups is 2. The van der Waals surface area contributed by atoms with Gasteiger partial charge in [-0.3, -0.25) is 14.5 Å². The van der Waals surface area contributed by atoms with Gasteiger partial charge < -0.3 is 10.2 Å². The van der Waals surface area contributed by atoms with Crippen LogP contribution in [0.2, 0.25) is 0 Å². The van der Waals surface area contributed by atoms with Gasteiger partial charge in [0.25, 0.3) is 0 Å². The molecule has 0 aliphatic carbocycles. The lowest BCUT2D eigenvalue weighted by Crippen LogP contribution is -2.40. The molecule has 1 atom stereocenters. The highest BCUT2D eigenvalue weighted by Crippen LogP contribution is 2.25. The average Bonchev–Trinajstić information content (AvgIpc) is 3.15. The summed E-state index contributed by atoms with van der Waals surface area (Å²) in [4.78, 5) is 29.0. The van der Waals surface area contributed by atoms with Crippen molar-refractivity contribution in [1.29, 1.82) is 0 Å². The fourth-order valence-electron chi connectivity index (χ4n) is 4.17. The molecule has 2 aromatic rings. The van der Waals surface area contributed by atoms with E-state index in [2.05, 4.69) is 34.5 Å². The lowest BCUT2D eigenvalue weighted by atomic mass is 9.96. The second-order valence-corrected chi connectivity index (χ2v) is 7.75. The molecule has 0 saturated carbocycles. The summed E-state index contributed by atoms with van der Waals surface area (Å²) >= 11 is 0. The zero-order valence-corrected chi connectivity index (χ0v) is 16.1. The fraction of sp³-hybridized carbons (Fsp3) is 0.391. The van der Waals surface area contributed by atoms with Crippen LogP contribution in [-0.4, -0.2) is 36.3 Å². The van der Waals surface area contributed by atoms with Gasteiger partial charge in [-0.1, -0.05) is 36.4 Å². The first-order valence-electron chi connectivity index (χ1n) is 10.2. The molecule has 2 aliphatic rings. The summed E-state index contributed by atoms with van der Waals surface area (Å²) in [6.45, 7) is 3.46. The van der Waals surface area contributed by atoms with Crippen LogP contribution in [0.5, 0.6) is 0 Å². The van der Waals surface area contributed by atoms with Crippen molar-refractivity contribution in [1.82, 2.24) is 4.90 Å². The van der Waals surface area contributed by atoms with Gasteiger partial charge in [0.1, 0.15) is 0 Å². The predicted molar refractivity (Wildman–Crippen MR) is 111 cm³/mol. The van der Waals surface area contributed by atoms with Gasteiger partial charge in [-0.2, -0.15) is 0 Å². The number of likely N-dealkylation sites (tertiary alicyclic amines) is 1. The SMILES string of the molecule is O=C(Nc1cccc(N2CCCC2=O)c1)C1CCCN(Cc2ccccc2)C1. The van der Waals surface area contributed by atoms with Gasteiger partial charge in [-0.15, -0.1) is 0 Å². The number of carbonyl (C=O) groups excluding carboxylic acids is 2. The van der Waals surface area contributed by atoms with Crippen LogP contribution in [0.1, 0.15) is 31.2 Å². The molecule has 2 aliphatic heterocycles. The van der Waals surface area contributed by atoms with E-state index in [1.165, 1.54) is 5.56 Å². The molecular weight excluding hydrogens is 350 g/mol. The number of hydrogen-bond acceptors (Lipinski definition) is 3. The second kappa shape index (κ2) is 8.57. The van der Waals surface area contributed by atoms with E-state index in [4.69, 9.17) is 0 Å². The summed E-state index contributed by atoms with van der Waals surface area (Å²) in [5.74, 6) is 0.226. The number of nitrogens with zero attached hydrogens (tertiary/aromatic N) is 2. The van der Waals surface area contributed by atoms with Gasteiger partial charge in [0.15, 0.2) is 0 Å². The molecule has 146 valence electrons. The molecule has 2 heterocycles. The van der Waals surface area contributed by atoms with Crippen LogP contribution >= 0.6 is 0 Å². The average molecular weight is 377 g/mol. The number of nitrogens with one attached hydrogen (secondary N) is 1. The van der Waals surface area contributed by atoms with Crippen LogP contribution in [-0.2, 0) is 16.1 Å². The molecule has 2 saturated heterocycles. The Labute approximate surface area is 166 Å². The monoisotopic (exact) mass is 377 g/mol. The van der Waals surface area contributed by atoms with E-state index in [1.807, 2.05) is 30.3 Å². The van der Waals surface area contributed by atoms with Crippen molar-refractivity contribution in [3.63, 3.8) is 0 Å². The first-order valence-corrected chi connectivity index (χ1v) is 10.2. The maximum absolute atomic E-state index is 12.8. The highest BCUT2D eigenvalue weighted by Gasteiger charge is 2.26. The minimum atomic E-state index is -0.00506. The quantitative estimate of drug-likeness (QED) is 0.865. The van der Waals surface area contributed by atoms with Crippen LogP contribution < -0.4 is 10.2 Å². The summed E-state index contributed by atoms with van der Waals surface area (Å²) < 4.78 is 0. The summed E-state index contributed by atoms with van der Waals surface area (Å²) in [6, 6.07) is 18.0. The highest BCUT2D eigenvalue weighted by molar-refractivity contribution is 5.97. The topological polar surface area (TPSA) is 52.7 Å². The molecule has 5 heteroatoms. The van der Waals surface area contributed by atoms with E-state index < -0.39 is 0 Å². The molecule has 2 amide bonds. The summed E-state index contributed by atoms with van der Waals surface area (Å²) in [7, 11) is 0. The fourth-order valence-corrected chi connectivity index (χ4v) is 4.17. The van der Waals surface area contributed by atoms with Crippen molar-refractivity contribution < 1.29 is 9.59 Å². The van der Waals surface area contributed by atoms with Crippen LogP contribution in [0.15, 0.2) is 54.6 Å². The van der Waals surface area contributed by atoms with Crippen molar-refractivity contribution in [2.75, 3.05) is 29.9 Å². The number of piperidine rings is 1. The number of rotatable bonds is 5. The van der Waals surface area contributed by atoms with Crippen molar-refractivity contribution >= 4 is 23.2 Å². The number of anilines is 2. The highest BCUT2D eigenvalue weighted by atomic mass is 16.2. The van der Waals surface area contributed by atoms with Crippen molar-refractivity contribution in [3.8, 4) is 0 Å². The summed E-state index contributed by atoms with van der Waals surface area (Å²) in [5, 5.41) is 3.07. The lowest BCUT2D eigenvalue weighted by Gasteiger charge is -2.32. The van der Waals surface area contributed by atoms with Gasteiger partial charge in [0, 0.05) is 37.4 Å². The summed E-state index contributed by atoms with van der Waals surface area (Å²) in [5.41, 5.74) is 2.92. The molecule has 5 nitrogen and oxygen atoms in total. The third-order valence-electron chi connectivity index (χ3n) is 5.62. The number of benzene rings is 2. The van der Waals surface area contributed by atoms with Gasteiger partial charge >= 0.3 is 0 Å². The third-order valence-corrected chi connectivity index (χ3v) is 5.62. The van der Waals surface area contributed by atoms with Crippen molar-refractivity contribution in [3.05, 3.63) is 60.2 Å². The van der Waals surface area contributed by atoms with Gasteiger partial charge in [-0.25, -0.2) is 0 Å². The maximum Gasteiger partial charge on any atom is 0.228 e. The first-order chi connectivity index (χ1) is 13.7. The molecule has 1 N–H and O–H groups in total. The zero-order valence-electron chi connectivity index (χ0n) is 16.1. The van der Waals surface area contributed by atoms with E-state index in [1.54, 1.807) is 4.90 Å². The van der Waals surface area contributed by atoms with E-state index in [9.17, 15) is 9.59 Å². The molecular formula is C23H27N3O2. The zero-order chi connectivity index (χ0) is 19.3. The van der Waals surface area contributed by atoms with E-state index in [0.29, 0.717) is 6.42 Å². The van der Waals surface area contributed by atoms with E-state index >= 15 is 0 Å². The minimum absolute atomic E-state index is 0.00506. The van der Waals surface area contributed by atoms with Crippen molar-refractivity contribution in [2.45, 2.75) is 32.2 Å². The van der Waals surface area contributed by atoms with Crippen LogP contribution in [0, 0.1) is 5.92 Å². The van der Waals surface area contributed by atoms with Crippen LogP contribution in [0.4, 0.5) is 11.4 Å². The Balaban J connectivity index is 1.37. The Hall–Kier alpha value is -2.66. The van der Waals surface area contributed by atoms with Crippen LogP contribution in [0.25, 0.3) is 0 Å². The second-order valence-electron chi connectivity index (χ2n) is 7.75. The predicted octanol–water partition coefficient (Wildman–Crippen LogP) is 3.66. The van der Waals surface area contributed by atoms with Crippen molar-refractivity contribution in [2.24, 2.45) is 5.92 Å². The third kappa shape index (κ3) is 4.42. The Morgan fingerprint density at radius 1 is 1.04 bits per heavy atom. The molecule has 4 rings (SSSR count). The molecule has 0 aromatic heterocycles. The Morgan fingerprint density at radius 3 is 2.68 bits per heavy atom. The standard InChI is InChI=1S/C23H27N3O2/c27-22-12-6-14-26(22)21-11-4-10-20(15-21)24-23(28)19-9-5-13-25(17-19)16-18-7-2-1-3-8-18/h1-4,7-8,10-11,15,19H,5-6,9,12-14,16-17H2,(H,24,28). The molecule has 0 spiro atoms. The van der Waals surface area contributed by atoms with E-state index in [0.717, 1.165) is 56.8 Å². The van der Waals surface area contributed by atoms with Gasteiger partial charge in [0.05, 0.1) is 5.92 Å². The molecule has 0 bridgehead atoms. The number of hydrogen-bond donors (Lipinski definition) is 1. The Kier molecular flexibility index (Phi) is 5.72.